The van der Waals surface area contributed by atoms with Crippen LogP contribution in [0.5, 0.6) is 0 Å². The first-order valence-electron chi connectivity index (χ1n) is 4.54. The molecule has 0 aromatic heterocycles. The second-order valence-corrected chi connectivity index (χ2v) is 3.47. The maximum atomic E-state index is 5.82. The lowest BCUT2D eigenvalue weighted by molar-refractivity contribution is 0.436. The van der Waals surface area contributed by atoms with E-state index in [1.807, 2.05) is 6.92 Å². The fourth-order valence-corrected chi connectivity index (χ4v) is 1.17. The Balaban J connectivity index is 3.53. The predicted octanol–water partition coefficient (Wildman–Crippen LogP) is -0.883. The van der Waals surface area contributed by atoms with Crippen LogP contribution in [0.25, 0.3) is 0 Å². The molecule has 3 atom stereocenters. The van der Waals surface area contributed by atoms with Crippen molar-refractivity contribution in [3.8, 4) is 0 Å². The van der Waals surface area contributed by atoms with Gasteiger partial charge < -0.3 is 22.9 Å². The Kier molecular flexibility index (Phi) is 6.28. The van der Waals surface area contributed by atoms with Crippen molar-refractivity contribution in [1.29, 1.82) is 0 Å². The van der Waals surface area contributed by atoms with E-state index in [0.29, 0.717) is 6.54 Å². The molecule has 0 saturated heterocycles. The van der Waals surface area contributed by atoms with Crippen LogP contribution in [-0.4, -0.2) is 24.7 Å². The Hall–Kier alpha value is -0.160. The monoisotopic (exact) mass is 174 g/mol. The summed E-state index contributed by atoms with van der Waals surface area (Å²) in [5, 5.41) is 0. The van der Waals surface area contributed by atoms with E-state index in [1.165, 1.54) is 0 Å². The Morgan fingerprint density at radius 3 is 2.08 bits per heavy atom. The maximum Gasteiger partial charge on any atom is 0.0207 e. The van der Waals surface area contributed by atoms with Crippen molar-refractivity contribution < 1.29 is 0 Å². The molecule has 0 fully saturated rings. The first-order valence-corrected chi connectivity index (χ1v) is 4.54. The molecule has 8 N–H and O–H groups in total. The van der Waals surface area contributed by atoms with Crippen LogP contribution in [0.2, 0.25) is 0 Å². The van der Waals surface area contributed by atoms with Gasteiger partial charge in [0.25, 0.3) is 0 Å². The SMILES string of the molecule is CC(N)CC(N)C(N)CCCN. The zero-order valence-electron chi connectivity index (χ0n) is 7.87. The average molecular weight is 174 g/mol. The lowest BCUT2D eigenvalue weighted by Crippen LogP contribution is -2.44. The van der Waals surface area contributed by atoms with Crippen molar-refractivity contribution >= 4 is 0 Å². The van der Waals surface area contributed by atoms with Gasteiger partial charge in [0.05, 0.1) is 0 Å². The van der Waals surface area contributed by atoms with E-state index in [2.05, 4.69) is 0 Å². The molecule has 3 unspecified atom stereocenters. The van der Waals surface area contributed by atoms with E-state index in [-0.39, 0.29) is 18.1 Å². The van der Waals surface area contributed by atoms with Crippen LogP contribution in [0.15, 0.2) is 0 Å². The molecule has 0 aliphatic carbocycles. The summed E-state index contributed by atoms with van der Waals surface area (Å²) in [5.74, 6) is 0. The predicted molar refractivity (Wildman–Crippen MR) is 52.5 cm³/mol. The minimum Gasteiger partial charge on any atom is -0.330 e. The maximum absolute atomic E-state index is 5.82. The van der Waals surface area contributed by atoms with Crippen molar-refractivity contribution in [3.63, 3.8) is 0 Å². The minimum absolute atomic E-state index is 0.0107. The summed E-state index contributed by atoms with van der Waals surface area (Å²) in [6.45, 7) is 2.62. The summed E-state index contributed by atoms with van der Waals surface area (Å²) < 4.78 is 0. The third-order valence-corrected chi connectivity index (χ3v) is 1.94. The van der Waals surface area contributed by atoms with Gasteiger partial charge in [-0.2, -0.15) is 0 Å². The molecule has 0 aliphatic rings. The van der Waals surface area contributed by atoms with Gasteiger partial charge in [0.15, 0.2) is 0 Å². The van der Waals surface area contributed by atoms with Gasteiger partial charge in [0.1, 0.15) is 0 Å². The fraction of sp³-hybridized carbons (Fsp3) is 1.00. The van der Waals surface area contributed by atoms with E-state index in [4.69, 9.17) is 22.9 Å². The molecule has 0 bridgehead atoms. The summed E-state index contributed by atoms with van der Waals surface area (Å²) in [6.07, 6.45) is 2.62. The summed E-state index contributed by atoms with van der Waals surface area (Å²) in [5.41, 5.74) is 22.6. The van der Waals surface area contributed by atoms with E-state index < -0.39 is 0 Å². The summed E-state index contributed by atoms with van der Waals surface area (Å²) >= 11 is 0. The molecule has 0 amide bonds. The smallest absolute Gasteiger partial charge is 0.0207 e. The molecule has 74 valence electrons. The van der Waals surface area contributed by atoms with Crippen LogP contribution in [0.1, 0.15) is 26.2 Å². The zero-order chi connectivity index (χ0) is 9.56. The van der Waals surface area contributed by atoms with Gasteiger partial charge >= 0.3 is 0 Å². The highest BCUT2D eigenvalue weighted by molar-refractivity contribution is 4.78. The number of rotatable bonds is 6. The Morgan fingerprint density at radius 1 is 1.08 bits per heavy atom. The van der Waals surface area contributed by atoms with Crippen molar-refractivity contribution in [3.05, 3.63) is 0 Å². The first-order chi connectivity index (χ1) is 5.57. The van der Waals surface area contributed by atoms with Gasteiger partial charge in [-0.05, 0) is 32.7 Å². The van der Waals surface area contributed by atoms with Gasteiger partial charge in [0.2, 0.25) is 0 Å². The molecule has 4 heteroatoms. The number of nitrogens with two attached hydrogens (primary N) is 4. The molecular weight excluding hydrogens is 152 g/mol. The number of hydrogen-bond acceptors (Lipinski definition) is 4. The standard InChI is InChI=1S/C8H22N4/c1-6(10)5-8(12)7(11)3-2-4-9/h6-8H,2-5,9-12H2,1H3. The Morgan fingerprint density at radius 2 is 1.67 bits per heavy atom. The highest BCUT2D eigenvalue weighted by atomic mass is 14.8. The van der Waals surface area contributed by atoms with Crippen molar-refractivity contribution in [1.82, 2.24) is 0 Å². The molecule has 0 spiro atoms. The summed E-state index contributed by atoms with van der Waals surface area (Å²) in [7, 11) is 0. The van der Waals surface area contributed by atoms with E-state index in [0.717, 1.165) is 19.3 Å². The van der Waals surface area contributed by atoms with Crippen LogP contribution in [0, 0.1) is 0 Å². The van der Waals surface area contributed by atoms with Crippen LogP contribution in [-0.2, 0) is 0 Å². The fourth-order valence-electron chi connectivity index (χ4n) is 1.17. The highest BCUT2D eigenvalue weighted by Gasteiger charge is 2.13. The second kappa shape index (κ2) is 6.37. The normalized spacial score (nSPS) is 18.8. The lowest BCUT2D eigenvalue weighted by atomic mass is 9.99. The van der Waals surface area contributed by atoms with E-state index >= 15 is 0 Å². The molecule has 0 aromatic rings. The van der Waals surface area contributed by atoms with Crippen LogP contribution >= 0.6 is 0 Å². The Labute approximate surface area is 74.7 Å². The molecule has 0 radical (unpaired) electrons. The highest BCUT2D eigenvalue weighted by Crippen LogP contribution is 2.02. The summed E-state index contributed by atoms with van der Waals surface area (Å²) in [6, 6.07) is 0.181. The van der Waals surface area contributed by atoms with Crippen molar-refractivity contribution in [2.75, 3.05) is 6.54 Å². The molecule has 4 nitrogen and oxygen atoms in total. The minimum atomic E-state index is 0.0107. The van der Waals surface area contributed by atoms with E-state index in [9.17, 15) is 0 Å². The van der Waals surface area contributed by atoms with Crippen LogP contribution < -0.4 is 22.9 Å². The second-order valence-electron chi connectivity index (χ2n) is 3.47. The molecule has 12 heavy (non-hydrogen) atoms. The van der Waals surface area contributed by atoms with Crippen molar-refractivity contribution in [2.45, 2.75) is 44.3 Å². The third-order valence-electron chi connectivity index (χ3n) is 1.94. The van der Waals surface area contributed by atoms with Crippen LogP contribution in [0.4, 0.5) is 0 Å². The van der Waals surface area contributed by atoms with Crippen molar-refractivity contribution in [2.24, 2.45) is 22.9 Å². The quantitative estimate of drug-likeness (QED) is 0.419. The first kappa shape index (κ1) is 11.8. The van der Waals surface area contributed by atoms with Gasteiger partial charge in [-0.25, -0.2) is 0 Å². The third kappa shape index (κ3) is 5.49. The van der Waals surface area contributed by atoms with Gasteiger partial charge in [-0.3, -0.25) is 0 Å². The molecule has 0 heterocycles. The van der Waals surface area contributed by atoms with Gasteiger partial charge in [-0.1, -0.05) is 0 Å². The van der Waals surface area contributed by atoms with Gasteiger partial charge in [0, 0.05) is 18.1 Å². The van der Waals surface area contributed by atoms with Gasteiger partial charge in [-0.15, -0.1) is 0 Å². The van der Waals surface area contributed by atoms with Crippen LogP contribution in [0.3, 0.4) is 0 Å². The topological polar surface area (TPSA) is 104 Å². The molecular formula is C8H22N4. The average Bonchev–Trinajstić information content (AvgIpc) is 1.98. The Bertz CT molecular complexity index is 105. The molecule has 0 aromatic carbocycles. The molecule has 0 rings (SSSR count). The van der Waals surface area contributed by atoms with E-state index in [1.54, 1.807) is 0 Å². The summed E-state index contributed by atoms with van der Waals surface area (Å²) in [4.78, 5) is 0. The zero-order valence-corrected chi connectivity index (χ0v) is 7.87. The number of hydrogen-bond donors (Lipinski definition) is 4. The largest absolute Gasteiger partial charge is 0.330 e. The molecule has 0 aliphatic heterocycles. The molecule has 0 saturated carbocycles. The lowest BCUT2D eigenvalue weighted by Gasteiger charge is -2.21.